The van der Waals surface area contributed by atoms with E-state index in [0.717, 1.165) is 5.69 Å². The smallest absolute Gasteiger partial charge is 0.217 e. The van der Waals surface area contributed by atoms with Crippen molar-refractivity contribution >= 4 is 19.7 Å². The number of nitrogens with zero attached hydrogens (tertiary/aromatic N) is 3. The van der Waals surface area contributed by atoms with Crippen LogP contribution in [0.2, 0.25) is 0 Å². The Kier molecular flexibility index (Phi) is 2.69. The fraction of sp³-hybridized carbons (Fsp3) is 0.111. The summed E-state index contributed by atoms with van der Waals surface area (Å²) >= 11 is 0. The van der Waals surface area contributed by atoms with E-state index in [1.807, 2.05) is 18.2 Å². The minimum absolute atomic E-state index is 0.379. The lowest BCUT2D eigenvalue weighted by Gasteiger charge is -2.00. The largest absolute Gasteiger partial charge is 0.298 e. The van der Waals surface area contributed by atoms with E-state index in [4.69, 9.17) is 10.7 Å². The monoisotopic (exact) mass is 257 g/mol. The maximum atomic E-state index is 11.1. The average Bonchev–Trinajstić information content (AvgIpc) is 2.61. The number of halogens is 1. The lowest BCUT2D eigenvalue weighted by Crippen LogP contribution is -1.99. The molecule has 0 fully saturated rings. The fourth-order valence-electron chi connectivity index (χ4n) is 1.28. The molecule has 0 radical (unpaired) electrons. The van der Waals surface area contributed by atoms with Gasteiger partial charge in [-0.15, -0.1) is 5.10 Å². The van der Waals surface area contributed by atoms with Crippen LogP contribution in [0.25, 0.3) is 5.69 Å². The molecule has 1 aromatic carbocycles. The SMILES string of the molecule is Cc1nc(S(=O)(=O)Cl)nn1-c1ccccc1. The molecule has 1 aromatic heterocycles. The Morgan fingerprint density at radius 2 is 1.88 bits per heavy atom. The number of hydrogen-bond acceptors (Lipinski definition) is 4. The Bertz CT molecular complexity index is 607. The molecule has 0 aliphatic rings. The summed E-state index contributed by atoms with van der Waals surface area (Å²) in [4.78, 5) is 3.79. The number of aryl methyl sites for hydroxylation is 1. The van der Waals surface area contributed by atoms with E-state index in [0.29, 0.717) is 5.82 Å². The van der Waals surface area contributed by atoms with Crippen molar-refractivity contribution in [2.45, 2.75) is 12.1 Å². The molecule has 0 aliphatic carbocycles. The van der Waals surface area contributed by atoms with Gasteiger partial charge in [0.05, 0.1) is 5.69 Å². The first kappa shape index (κ1) is 11.1. The van der Waals surface area contributed by atoms with Crippen molar-refractivity contribution in [3.05, 3.63) is 36.2 Å². The van der Waals surface area contributed by atoms with E-state index in [9.17, 15) is 8.42 Å². The van der Waals surface area contributed by atoms with Crippen LogP contribution in [0.1, 0.15) is 5.82 Å². The van der Waals surface area contributed by atoms with Crippen LogP contribution in [0.5, 0.6) is 0 Å². The van der Waals surface area contributed by atoms with Crippen LogP contribution in [-0.4, -0.2) is 23.2 Å². The minimum Gasteiger partial charge on any atom is -0.217 e. The lowest BCUT2D eigenvalue weighted by atomic mass is 10.3. The molecule has 16 heavy (non-hydrogen) atoms. The second-order valence-electron chi connectivity index (χ2n) is 3.13. The molecule has 2 rings (SSSR count). The molecule has 0 aliphatic heterocycles. The highest BCUT2D eigenvalue weighted by molar-refractivity contribution is 8.13. The van der Waals surface area contributed by atoms with Crippen LogP contribution >= 0.6 is 10.7 Å². The van der Waals surface area contributed by atoms with Gasteiger partial charge in [-0.1, -0.05) is 18.2 Å². The fourth-order valence-corrected chi connectivity index (χ4v) is 1.90. The van der Waals surface area contributed by atoms with Crippen LogP contribution in [0.3, 0.4) is 0 Å². The highest BCUT2D eigenvalue weighted by Gasteiger charge is 2.18. The maximum Gasteiger partial charge on any atom is 0.298 e. The van der Waals surface area contributed by atoms with Gasteiger partial charge < -0.3 is 0 Å². The second-order valence-corrected chi connectivity index (χ2v) is 5.59. The Balaban J connectivity index is 2.57. The molecule has 0 spiro atoms. The number of rotatable bonds is 2. The third-order valence-electron chi connectivity index (χ3n) is 1.97. The predicted molar refractivity (Wildman–Crippen MR) is 59.1 cm³/mol. The Labute approximate surface area is 97.1 Å². The van der Waals surface area contributed by atoms with Gasteiger partial charge in [0.2, 0.25) is 0 Å². The molecule has 0 atom stereocenters. The average molecular weight is 258 g/mol. The van der Waals surface area contributed by atoms with Crippen LogP contribution in [0.4, 0.5) is 0 Å². The molecule has 0 saturated heterocycles. The Hall–Kier alpha value is -1.40. The van der Waals surface area contributed by atoms with Gasteiger partial charge in [0, 0.05) is 10.7 Å². The zero-order chi connectivity index (χ0) is 11.8. The maximum absolute atomic E-state index is 11.1. The Morgan fingerprint density at radius 3 is 2.38 bits per heavy atom. The quantitative estimate of drug-likeness (QED) is 0.765. The van der Waals surface area contributed by atoms with Crippen LogP contribution in [0.15, 0.2) is 35.5 Å². The van der Waals surface area contributed by atoms with E-state index in [1.165, 1.54) is 4.68 Å². The van der Waals surface area contributed by atoms with Crippen molar-refractivity contribution in [3.8, 4) is 5.69 Å². The summed E-state index contributed by atoms with van der Waals surface area (Å²) in [5.41, 5.74) is 0.735. The van der Waals surface area contributed by atoms with Crippen LogP contribution in [-0.2, 0) is 9.05 Å². The summed E-state index contributed by atoms with van der Waals surface area (Å²) in [6.07, 6.45) is 0. The van der Waals surface area contributed by atoms with Crippen molar-refractivity contribution in [1.82, 2.24) is 14.8 Å². The summed E-state index contributed by atoms with van der Waals surface area (Å²) in [7, 11) is 1.28. The molecule has 84 valence electrons. The molecule has 0 saturated carbocycles. The van der Waals surface area contributed by atoms with Crippen molar-refractivity contribution < 1.29 is 8.42 Å². The van der Waals surface area contributed by atoms with Crippen molar-refractivity contribution in [2.75, 3.05) is 0 Å². The zero-order valence-electron chi connectivity index (χ0n) is 8.33. The first-order valence-corrected chi connectivity index (χ1v) is 6.73. The van der Waals surface area contributed by atoms with Gasteiger partial charge in [-0.25, -0.2) is 18.1 Å². The summed E-state index contributed by atoms with van der Waals surface area (Å²) in [5.74, 6) is 0.463. The molecular weight excluding hydrogens is 250 g/mol. The van der Waals surface area contributed by atoms with E-state index in [-0.39, 0.29) is 5.16 Å². The second kappa shape index (κ2) is 3.88. The summed E-state index contributed by atoms with van der Waals surface area (Å²) < 4.78 is 23.5. The normalized spacial score (nSPS) is 11.6. The van der Waals surface area contributed by atoms with Crippen molar-refractivity contribution in [1.29, 1.82) is 0 Å². The van der Waals surface area contributed by atoms with Crippen molar-refractivity contribution in [2.24, 2.45) is 0 Å². The first-order chi connectivity index (χ1) is 7.48. The first-order valence-electron chi connectivity index (χ1n) is 4.42. The van der Waals surface area contributed by atoms with Gasteiger partial charge in [-0.3, -0.25) is 0 Å². The van der Waals surface area contributed by atoms with Crippen LogP contribution in [0, 0.1) is 6.92 Å². The highest BCUT2D eigenvalue weighted by Crippen LogP contribution is 2.14. The number of para-hydroxylation sites is 1. The van der Waals surface area contributed by atoms with E-state index >= 15 is 0 Å². The summed E-state index contributed by atoms with van der Waals surface area (Å²) in [6, 6.07) is 9.10. The zero-order valence-corrected chi connectivity index (χ0v) is 9.90. The molecule has 0 unspecified atom stereocenters. The van der Waals surface area contributed by atoms with Crippen molar-refractivity contribution in [3.63, 3.8) is 0 Å². The summed E-state index contributed by atoms with van der Waals surface area (Å²) in [5, 5.41) is 3.46. The van der Waals surface area contributed by atoms with Gasteiger partial charge in [0.1, 0.15) is 5.82 Å². The number of hydrogen-bond donors (Lipinski definition) is 0. The van der Waals surface area contributed by atoms with E-state index in [1.54, 1.807) is 19.1 Å². The molecular formula is C9H8ClN3O2S. The third-order valence-corrected chi connectivity index (χ3v) is 2.99. The van der Waals surface area contributed by atoms with E-state index < -0.39 is 9.05 Å². The lowest BCUT2D eigenvalue weighted by molar-refractivity contribution is 0.600. The summed E-state index contributed by atoms with van der Waals surface area (Å²) in [6.45, 7) is 1.66. The van der Waals surface area contributed by atoms with Gasteiger partial charge >= 0.3 is 0 Å². The van der Waals surface area contributed by atoms with Gasteiger partial charge in [-0.2, -0.15) is 0 Å². The third kappa shape index (κ3) is 2.07. The highest BCUT2D eigenvalue weighted by atomic mass is 35.7. The molecule has 2 aromatic rings. The molecule has 1 heterocycles. The number of aromatic nitrogens is 3. The number of benzene rings is 1. The van der Waals surface area contributed by atoms with Crippen LogP contribution < -0.4 is 0 Å². The van der Waals surface area contributed by atoms with Gasteiger partial charge in [0.15, 0.2) is 0 Å². The molecule has 0 amide bonds. The van der Waals surface area contributed by atoms with Gasteiger partial charge in [0.25, 0.3) is 14.2 Å². The predicted octanol–water partition coefficient (Wildman–Crippen LogP) is 1.50. The minimum atomic E-state index is -3.88. The Morgan fingerprint density at radius 1 is 1.25 bits per heavy atom. The van der Waals surface area contributed by atoms with Gasteiger partial charge in [-0.05, 0) is 19.1 Å². The molecule has 0 N–H and O–H groups in total. The topological polar surface area (TPSA) is 64.8 Å². The molecule has 5 nitrogen and oxygen atoms in total. The molecule has 7 heteroatoms. The molecule has 0 bridgehead atoms. The van der Waals surface area contributed by atoms with E-state index in [2.05, 4.69) is 10.1 Å². The standard InChI is InChI=1S/C9H8ClN3O2S/c1-7-11-9(16(10,14)15)12-13(7)8-5-3-2-4-6-8/h2-6H,1H3.